The Kier molecular flexibility index (Phi) is 4.58. The topological polar surface area (TPSA) is 49.8 Å². The fourth-order valence-electron chi connectivity index (χ4n) is 2.53. The minimum Gasteiger partial charge on any atom is -0.369 e. The maximum atomic E-state index is 12.9. The highest BCUT2D eigenvalue weighted by atomic mass is 19.4. The highest BCUT2D eigenvalue weighted by Crippen LogP contribution is 2.43. The molecule has 0 aliphatic heterocycles. The van der Waals surface area contributed by atoms with E-state index in [1.54, 1.807) is 6.92 Å². The van der Waals surface area contributed by atoms with Crippen molar-refractivity contribution < 1.29 is 13.2 Å². The second kappa shape index (κ2) is 6.07. The number of hydrogen-bond donors (Lipinski definition) is 2. The zero-order valence-corrected chi connectivity index (χ0v) is 12.3. The van der Waals surface area contributed by atoms with Crippen LogP contribution in [0.2, 0.25) is 0 Å². The van der Waals surface area contributed by atoms with Crippen molar-refractivity contribution in [1.82, 2.24) is 9.97 Å². The molecule has 1 saturated carbocycles. The molecule has 0 aromatic carbocycles. The number of nitrogens with zero attached hydrogens (tertiary/aromatic N) is 2. The summed E-state index contributed by atoms with van der Waals surface area (Å²) in [6, 6.07) is 0.975. The number of anilines is 2. The molecule has 0 radical (unpaired) electrons. The van der Waals surface area contributed by atoms with Crippen LogP contribution in [0.15, 0.2) is 6.07 Å². The summed E-state index contributed by atoms with van der Waals surface area (Å²) in [6.45, 7) is 5.03. The molecule has 1 aromatic heterocycles. The van der Waals surface area contributed by atoms with Crippen molar-refractivity contribution in [3.8, 4) is 0 Å². The third-order valence-electron chi connectivity index (χ3n) is 4.16. The lowest BCUT2D eigenvalue weighted by atomic mass is 9.67. The van der Waals surface area contributed by atoms with Crippen molar-refractivity contribution in [1.29, 1.82) is 0 Å². The Morgan fingerprint density at radius 2 is 1.90 bits per heavy atom. The molecule has 7 heteroatoms. The number of halogens is 3. The fourth-order valence-corrected chi connectivity index (χ4v) is 2.53. The Labute approximate surface area is 122 Å². The summed E-state index contributed by atoms with van der Waals surface area (Å²) in [6.07, 6.45) is -0.0168. The summed E-state index contributed by atoms with van der Waals surface area (Å²) < 4.78 is 38.6. The van der Waals surface area contributed by atoms with Gasteiger partial charge >= 0.3 is 6.18 Å². The minimum atomic E-state index is -4.47. The molecule has 1 aromatic rings. The molecular weight excluding hydrogens is 281 g/mol. The molecular formula is C14H21F3N4. The monoisotopic (exact) mass is 302 g/mol. The van der Waals surface area contributed by atoms with Crippen LogP contribution in [0, 0.1) is 5.41 Å². The van der Waals surface area contributed by atoms with Crippen molar-refractivity contribution in [2.24, 2.45) is 5.41 Å². The van der Waals surface area contributed by atoms with Crippen LogP contribution < -0.4 is 10.6 Å². The Morgan fingerprint density at radius 1 is 1.19 bits per heavy atom. The first-order chi connectivity index (χ1) is 9.88. The maximum Gasteiger partial charge on any atom is 0.433 e. The second-order valence-electron chi connectivity index (χ2n) is 5.55. The first-order valence-corrected chi connectivity index (χ1v) is 7.32. The number of rotatable bonds is 6. The SMILES string of the molecule is CCNc1nc(NCC2(CC)CCC2)cc(C(F)(F)F)n1. The van der Waals surface area contributed by atoms with Gasteiger partial charge in [-0.1, -0.05) is 13.3 Å². The lowest BCUT2D eigenvalue weighted by Gasteiger charge is -2.41. The smallest absolute Gasteiger partial charge is 0.369 e. The van der Waals surface area contributed by atoms with E-state index in [-0.39, 0.29) is 17.2 Å². The maximum absolute atomic E-state index is 12.9. The van der Waals surface area contributed by atoms with Crippen LogP contribution in [-0.4, -0.2) is 23.1 Å². The van der Waals surface area contributed by atoms with Gasteiger partial charge < -0.3 is 10.6 Å². The molecule has 0 unspecified atom stereocenters. The molecule has 1 heterocycles. The first kappa shape index (κ1) is 15.9. The van der Waals surface area contributed by atoms with Gasteiger partial charge in [-0.05, 0) is 31.6 Å². The van der Waals surface area contributed by atoms with E-state index in [2.05, 4.69) is 27.5 Å². The average molecular weight is 302 g/mol. The highest BCUT2D eigenvalue weighted by molar-refractivity contribution is 5.43. The van der Waals surface area contributed by atoms with E-state index >= 15 is 0 Å². The third-order valence-corrected chi connectivity index (χ3v) is 4.16. The Balaban J connectivity index is 2.15. The summed E-state index contributed by atoms with van der Waals surface area (Å²) in [5.74, 6) is 0.238. The van der Waals surface area contributed by atoms with Crippen LogP contribution in [0.5, 0.6) is 0 Å². The minimum absolute atomic E-state index is 0.00832. The van der Waals surface area contributed by atoms with E-state index in [1.165, 1.54) is 6.42 Å². The van der Waals surface area contributed by atoms with E-state index < -0.39 is 11.9 Å². The summed E-state index contributed by atoms with van der Waals surface area (Å²) in [5, 5.41) is 5.80. The van der Waals surface area contributed by atoms with Crippen molar-refractivity contribution in [3.05, 3.63) is 11.8 Å². The Hall–Kier alpha value is -1.53. The molecule has 0 spiro atoms. The third kappa shape index (κ3) is 3.77. The normalized spacial score (nSPS) is 17.2. The summed E-state index contributed by atoms with van der Waals surface area (Å²) in [7, 11) is 0. The van der Waals surface area contributed by atoms with E-state index in [0.29, 0.717) is 13.1 Å². The standard InChI is InChI=1S/C14H21F3N4/c1-3-13(6-5-7-13)9-19-11-8-10(14(15,16)17)20-12(21-11)18-4-2/h8H,3-7,9H2,1-2H3,(H2,18,19,20,21). The van der Waals surface area contributed by atoms with Gasteiger partial charge in [0.15, 0.2) is 5.69 Å². The van der Waals surface area contributed by atoms with Crippen LogP contribution >= 0.6 is 0 Å². The molecule has 0 amide bonds. The number of alkyl halides is 3. The van der Waals surface area contributed by atoms with Crippen molar-refractivity contribution in [2.75, 3.05) is 23.7 Å². The molecule has 118 valence electrons. The summed E-state index contributed by atoms with van der Waals surface area (Å²) >= 11 is 0. The van der Waals surface area contributed by atoms with Gasteiger partial charge in [0.25, 0.3) is 0 Å². The molecule has 1 aliphatic rings. The summed E-state index contributed by atoms with van der Waals surface area (Å²) in [5.41, 5.74) is -0.711. The number of hydrogen-bond acceptors (Lipinski definition) is 4. The number of aromatic nitrogens is 2. The van der Waals surface area contributed by atoms with Crippen LogP contribution in [0.4, 0.5) is 24.9 Å². The van der Waals surface area contributed by atoms with E-state index in [0.717, 1.165) is 25.3 Å². The van der Waals surface area contributed by atoms with E-state index in [1.807, 2.05) is 0 Å². The first-order valence-electron chi connectivity index (χ1n) is 7.32. The quantitative estimate of drug-likeness (QED) is 0.836. The van der Waals surface area contributed by atoms with Gasteiger partial charge in [-0.3, -0.25) is 0 Å². The van der Waals surface area contributed by atoms with E-state index in [9.17, 15) is 13.2 Å². The average Bonchev–Trinajstić information content (AvgIpc) is 2.37. The molecule has 2 rings (SSSR count). The van der Waals surface area contributed by atoms with Gasteiger partial charge in [-0.2, -0.15) is 18.2 Å². The van der Waals surface area contributed by atoms with Gasteiger partial charge in [0, 0.05) is 19.2 Å². The largest absolute Gasteiger partial charge is 0.433 e. The van der Waals surface area contributed by atoms with Gasteiger partial charge in [-0.25, -0.2) is 4.98 Å². The van der Waals surface area contributed by atoms with Gasteiger partial charge in [0.2, 0.25) is 5.95 Å². The van der Waals surface area contributed by atoms with Crippen LogP contribution in [-0.2, 0) is 6.18 Å². The predicted molar refractivity (Wildman–Crippen MR) is 76.3 cm³/mol. The zero-order valence-electron chi connectivity index (χ0n) is 12.3. The Bertz CT molecular complexity index is 478. The van der Waals surface area contributed by atoms with Gasteiger partial charge in [-0.15, -0.1) is 0 Å². The molecule has 0 bridgehead atoms. The molecule has 4 nitrogen and oxygen atoms in total. The second-order valence-corrected chi connectivity index (χ2v) is 5.55. The van der Waals surface area contributed by atoms with Crippen molar-refractivity contribution in [3.63, 3.8) is 0 Å². The molecule has 0 atom stereocenters. The predicted octanol–water partition coefficient (Wildman–Crippen LogP) is 3.92. The van der Waals surface area contributed by atoms with Gasteiger partial charge in [0.1, 0.15) is 5.82 Å². The summed E-state index contributed by atoms with van der Waals surface area (Å²) in [4.78, 5) is 7.60. The molecule has 1 fully saturated rings. The van der Waals surface area contributed by atoms with Crippen molar-refractivity contribution >= 4 is 11.8 Å². The molecule has 21 heavy (non-hydrogen) atoms. The highest BCUT2D eigenvalue weighted by Gasteiger charge is 2.36. The van der Waals surface area contributed by atoms with Crippen LogP contribution in [0.1, 0.15) is 45.2 Å². The van der Waals surface area contributed by atoms with Crippen molar-refractivity contribution in [2.45, 2.75) is 45.7 Å². The van der Waals surface area contributed by atoms with E-state index in [4.69, 9.17) is 0 Å². The molecule has 1 aliphatic carbocycles. The lowest BCUT2D eigenvalue weighted by molar-refractivity contribution is -0.141. The van der Waals surface area contributed by atoms with Gasteiger partial charge in [0.05, 0.1) is 0 Å². The lowest BCUT2D eigenvalue weighted by Crippen LogP contribution is -2.36. The number of nitrogens with one attached hydrogen (secondary N) is 2. The van der Waals surface area contributed by atoms with Crippen LogP contribution in [0.3, 0.4) is 0 Å². The fraction of sp³-hybridized carbons (Fsp3) is 0.714. The molecule has 2 N–H and O–H groups in total. The van der Waals surface area contributed by atoms with Crippen LogP contribution in [0.25, 0.3) is 0 Å². The zero-order chi connectivity index (χ0) is 15.5. The molecule has 0 saturated heterocycles. The Morgan fingerprint density at radius 3 is 2.38 bits per heavy atom.